The number of nitrogens with zero attached hydrogens (tertiary/aromatic N) is 4. The van der Waals surface area contributed by atoms with Crippen LogP contribution in [0.3, 0.4) is 0 Å². The van der Waals surface area contributed by atoms with Crippen LogP contribution in [0.5, 0.6) is 0 Å². The van der Waals surface area contributed by atoms with Crippen molar-refractivity contribution in [3.8, 4) is 10.7 Å². The van der Waals surface area contributed by atoms with Crippen molar-refractivity contribution in [1.29, 1.82) is 0 Å². The Morgan fingerprint density at radius 3 is 2.58 bits per heavy atom. The maximum Gasteiger partial charge on any atom is 0.417 e. The largest absolute Gasteiger partial charge is 0.417 e. The molecular weight excluding hydrogens is 429 g/mol. The Balaban J connectivity index is 1.25. The highest BCUT2D eigenvalue weighted by Gasteiger charge is 2.36. The normalized spacial score (nSPS) is 15.4. The average Bonchev–Trinajstić information content (AvgIpc) is 3.45. The summed E-state index contributed by atoms with van der Waals surface area (Å²) in [5, 5.41) is 5.95. The number of carbonyl (C=O) groups is 1. The number of benzene rings is 1. The summed E-state index contributed by atoms with van der Waals surface area (Å²) in [7, 11) is 0. The molecule has 0 bridgehead atoms. The summed E-state index contributed by atoms with van der Waals surface area (Å²) in [5.41, 5.74) is -1.18. The Morgan fingerprint density at radius 1 is 1.10 bits per heavy atom. The third-order valence-electron chi connectivity index (χ3n) is 5.20. The molecule has 0 atom stereocenters. The summed E-state index contributed by atoms with van der Waals surface area (Å²) in [6, 6.07) is 8.82. The van der Waals surface area contributed by atoms with E-state index >= 15 is 0 Å². The molecule has 4 rings (SSSR count). The van der Waals surface area contributed by atoms with Crippen LogP contribution in [0.25, 0.3) is 10.7 Å². The number of alkyl halides is 3. The Bertz CT molecular complexity index is 1010. The van der Waals surface area contributed by atoms with Gasteiger partial charge in [0.2, 0.25) is 11.7 Å². The first-order chi connectivity index (χ1) is 14.9. The summed E-state index contributed by atoms with van der Waals surface area (Å²) in [6.45, 7) is 2.81. The van der Waals surface area contributed by atoms with Crippen LogP contribution in [0.15, 0.2) is 46.3 Å². The van der Waals surface area contributed by atoms with Gasteiger partial charge in [-0.3, -0.25) is 9.69 Å². The maximum atomic E-state index is 13.2. The smallest absolute Gasteiger partial charge is 0.339 e. The minimum Gasteiger partial charge on any atom is -0.339 e. The van der Waals surface area contributed by atoms with Gasteiger partial charge in [-0.25, -0.2) is 0 Å². The van der Waals surface area contributed by atoms with Crippen molar-refractivity contribution in [2.45, 2.75) is 19.0 Å². The van der Waals surface area contributed by atoms with E-state index in [0.29, 0.717) is 44.3 Å². The zero-order chi connectivity index (χ0) is 21.8. The van der Waals surface area contributed by atoms with E-state index in [2.05, 4.69) is 15.0 Å². The topological polar surface area (TPSA) is 62.5 Å². The molecule has 0 aliphatic carbocycles. The summed E-state index contributed by atoms with van der Waals surface area (Å²) >= 11 is 1.55. The van der Waals surface area contributed by atoms with Gasteiger partial charge in [0, 0.05) is 32.6 Å². The summed E-state index contributed by atoms with van der Waals surface area (Å²) < 4.78 is 44.9. The fourth-order valence-electron chi connectivity index (χ4n) is 3.58. The highest BCUT2D eigenvalue weighted by atomic mass is 32.1. The molecule has 6 nitrogen and oxygen atoms in total. The molecule has 0 radical (unpaired) electrons. The molecule has 0 unspecified atom stereocenters. The maximum absolute atomic E-state index is 13.2. The van der Waals surface area contributed by atoms with Crippen molar-refractivity contribution in [1.82, 2.24) is 19.9 Å². The minimum absolute atomic E-state index is 0.290. The van der Waals surface area contributed by atoms with Gasteiger partial charge in [-0.05, 0) is 36.5 Å². The number of thiophene rings is 1. The molecule has 1 aromatic carbocycles. The number of amides is 1. The highest BCUT2D eigenvalue weighted by Crippen LogP contribution is 2.32. The quantitative estimate of drug-likeness (QED) is 0.563. The van der Waals surface area contributed by atoms with Gasteiger partial charge in [0.05, 0.1) is 16.0 Å². The van der Waals surface area contributed by atoms with Crippen molar-refractivity contribution >= 4 is 17.2 Å². The minimum atomic E-state index is -4.55. The van der Waals surface area contributed by atoms with Gasteiger partial charge in [0.25, 0.3) is 5.91 Å². The number of aromatic nitrogens is 2. The molecular formula is C21H21F3N4O2S. The predicted molar refractivity (Wildman–Crippen MR) is 110 cm³/mol. The SMILES string of the molecule is O=C(c1ccccc1C(F)(F)F)N1CCN(CCCc2nc(-c3cccs3)no2)CC1. The van der Waals surface area contributed by atoms with Gasteiger partial charge in [0.15, 0.2) is 0 Å². The van der Waals surface area contributed by atoms with Crippen LogP contribution >= 0.6 is 11.3 Å². The first kappa shape index (κ1) is 21.5. The molecule has 3 aromatic rings. The molecule has 2 aromatic heterocycles. The average molecular weight is 450 g/mol. The summed E-state index contributed by atoms with van der Waals surface area (Å²) in [4.78, 5) is 21.7. The fourth-order valence-corrected chi connectivity index (χ4v) is 4.23. The second kappa shape index (κ2) is 9.19. The van der Waals surface area contributed by atoms with Crippen molar-refractivity contribution in [2.75, 3.05) is 32.7 Å². The summed E-state index contributed by atoms with van der Waals surface area (Å²) in [6.07, 6.45) is -3.08. The molecule has 10 heteroatoms. The van der Waals surface area contributed by atoms with Crippen LogP contribution in [0.4, 0.5) is 13.2 Å². The van der Waals surface area contributed by atoms with Gasteiger partial charge in [-0.2, -0.15) is 18.2 Å². The van der Waals surface area contributed by atoms with Crippen LogP contribution in [-0.4, -0.2) is 58.6 Å². The Hall–Kier alpha value is -2.72. The number of piperazine rings is 1. The van der Waals surface area contributed by atoms with E-state index in [9.17, 15) is 18.0 Å². The third kappa shape index (κ3) is 5.13. The molecule has 3 heterocycles. The second-order valence-electron chi connectivity index (χ2n) is 7.27. The van der Waals surface area contributed by atoms with E-state index < -0.39 is 17.6 Å². The monoisotopic (exact) mass is 450 g/mol. The lowest BCUT2D eigenvalue weighted by molar-refractivity contribution is -0.138. The molecule has 164 valence electrons. The third-order valence-corrected chi connectivity index (χ3v) is 6.06. The van der Waals surface area contributed by atoms with Gasteiger partial charge in [-0.15, -0.1) is 11.3 Å². The van der Waals surface area contributed by atoms with Gasteiger partial charge >= 0.3 is 6.18 Å². The molecule has 1 fully saturated rings. The van der Waals surface area contributed by atoms with Crippen LogP contribution in [0.1, 0.15) is 28.2 Å². The van der Waals surface area contributed by atoms with Crippen molar-refractivity contribution in [3.05, 3.63) is 58.8 Å². The fraction of sp³-hybridized carbons (Fsp3) is 0.381. The number of rotatable bonds is 6. The standard InChI is InChI=1S/C21H21F3N4O2S/c22-21(23,24)16-6-2-1-5-15(16)20(29)28-12-10-27(11-13-28)9-3-8-18-25-19(26-30-18)17-7-4-14-31-17/h1-2,4-7,14H,3,8-13H2. The lowest BCUT2D eigenvalue weighted by Crippen LogP contribution is -2.49. The van der Waals surface area contributed by atoms with Crippen molar-refractivity contribution in [3.63, 3.8) is 0 Å². The summed E-state index contributed by atoms with van der Waals surface area (Å²) in [5.74, 6) is 0.608. The second-order valence-corrected chi connectivity index (χ2v) is 8.22. The zero-order valence-electron chi connectivity index (χ0n) is 16.6. The van der Waals surface area contributed by atoms with Gasteiger partial charge in [0.1, 0.15) is 0 Å². The predicted octanol–water partition coefficient (Wildman–Crippen LogP) is 4.21. The van der Waals surface area contributed by atoms with Crippen molar-refractivity contribution in [2.24, 2.45) is 0 Å². The van der Waals surface area contributed by atoms with Crippen LogP contribution in [0.2, 0.25) is 0 Å². The Kier molecular flexibility index (Phi) is 6.38. The lowest BCUT2D eigenvalue weighted by atomic mass is 10.1. The van der Waals surface area contributed by atoms with Crippen LogP contribution in [0, 0.1) is 0 Å². The van der Waals surface area contributed by atoms with E-state index in [0.717, 1.165) is 23.9 Å². The molecule has 1 aliphatic heterocycles. The highest BCUT2D eigenvalue weighted by molar-refractivity contribution is 7.13. The molecule has 0 N–H and O–H groups in total. The zero-order valence-corrected chi connectivity index (χ0v) is 17.5. The van der Waals surface area contributed by atoms with Gasteiger partial charge in [-0.1, -0.05) is 23.4 Å². The number of aryl methyl sites for hydroxylation is 1. The Morgan fingerprint density at radius 2 is 1.87 bits per heavy atom. The number of hydrogen-bond acceptors (Lipinski definition) is 6. The molecule has 0 saturated carbocycles. The van der Waals surface area contributed by atoms with E-state index in [-0.39, 0.29) is 5.56 Å². The van der Waals surface area contributed by atoms with Crippen molar-refractivity contribution < 1.29 is 22.5 Å². The van der Waals surface area contributed by atoms with E-state index in [4.69, 9.17) is 4.52 Å². The number of hydrogen-bond donors (Lipinski definition) is 0. The molecule has 0 spiro atoms. The number of carbonyl (C=O) groups excluding carboxylic acids is 1. The van der Waals surface area contributed by atoms with Crippen LogP contribution in [-0.2, 0) is 12.6 Å². The van der Waals surface area contributed by atoms with E-state index in [1.54, 1.807) is 11.3 Å². The molecule has 1 amide bonds. The molecule has 1 aliphatic rings. The van der Waals surface area contributed by atoms with Gasteiger partial charge < -0.3 is 9.42 Å². The van der Waals surface area contributed by atoms with Crippen LogP contribution < -0.4 is 0 Å². The molecule has 1 saturated heterocycles. The first-order valence-electron chi connectivity index (χ1n) is 9.96. The molecule has 31 heavy (non-hydrogen) atoms. The van der Waals surface area contributed by atoms with E-state index in [1.807, 2.05) is 17.5 Å². The number of halogens is 3. The lowest BCUT2D eigenvalue weighted by Gasteiger charge is -2.35. The van der Waals surface area contributed by atoms with E-state index in [1.165, 1.54) is 23.1 Å². The first-order valence-corrected chi connectivity index (χ1v) is 10.8. The Labute approximate surface area is 181 Å².